The topological polar surface area (TPSA) is 116 Å². The molecule has 0 radical (unpaired) electrons. The van der Waals surface area contributed by atoms with Crippen molar-refractivity contribution in [1.82, 2.24) is 0 Å². The first kappa shape index (κ1) is 20.0. The maximum absolute atomic E-state index is 12.5. The van der Waals surface area contributed by atoms with Crippen LogP contribution in [-0.2, 0) is 9.53 Å². The van der Waals surface area contributed by atoms with Crippen LogP contribution in [-0.4, -0.2) is 37.6 Å². The molecule has 0 aliphatic carbocycles. The van der Waals surface area contributed by atoms with E-state index in [0.717, 1.165) is 0 Å². The summed E-state index contributed by atoms with van der Waals surface area (Å²) in [5, 5.41) is 5.22. The van der Waals surface area contributed by atoms with Crippen LogP contribution in [0, 0.1) is 0 Å². The third kappa shape index (κ3) is 4.84. The molecule has 4 rings (SSSR count). The Morgan fingerprint density at radius 1 is 0.903 bits per heavy atom. The van der Waals surface area contributed by atoms with Crippen LogP contribution < -0.4 is 20.1 Å². The predicted molar refractivity (Wildman–Crippen MR) is 109 cm³/mol. The number of benzene rings is 2. The number of rotatable bonds is 6. The van der Waals surface area contributed by atoms with Crippen molar-refractivity contribution >= 4 is 29.2 Å². The highest BCUT2D eigenvalue weighted by molar-refractivity contribution is 6.07. The molecule has 2 aromatic carbocycles. The van der Waals surface area contributed by atoms with Crippen LogP contribution in [0.3, 0.4) is 0 Å². The van der Waals surface area contributed by atoms with Gasteiger partial charge in [0.05, 0.1) is 17.5 Å². The molecule has 2 N–H and O–H groups in total. The second-order valence-corrected chi connectivity index (χ2v) is 6.46. The van der Waals surface area contributed by atoms with E-state index in [0.29, 0.717) is 30.4 Å². The maximum atomic E-state index is 12.5. The van der Waals surface area contributed by atoms with Crippen LogP contribution in [0.15, 0.2) is 65.3 Å². The quantitative estimate of drug-likeness (QED) is 0.587. The Hall–Kier alpha value is -4.27. The van der Waals surface area contributed by atoms with E-state index >= 15 is 0 Å². The van der Waals surface area contributed by atoms with Gasteiger partial charge in [0.1, 0.15) is 13.2 Å². The monoisotopic (exact) mass is 422 g/mol. The van der Waals surface area contributed by atoms with Gasteiger partial charge in [0.15, 0.2) is 23.9 Å². The van der Waals surface area contributed by atoms with Gasteiger partial charge in [-0.15, -0.1) is 0 Å². The van der Waals surface area contributed by atoms with Crippen LogP contribution in [0.25, 0.3) is 0 Å². The molecule has 0 spiro atoms. The summed E-state index contributed by atoms with van der Waals surface area (Å²) in [6.45, 7) is 0.393. The molecule has 31 heavy (non-hydrogen) atoms. The number of para-hydroxylation sites is 1. The standard InChI is InChI=1S/C22H18N2O7/c25-20(23-14-7-8-17-19(12-14)30-11-10-29-17)13-31-22(27)15-4-1-2-5-16(15)24-21(26)18-6-3-9-28-18/h1-9,12H,10-11,13H2,(H,23,25)(H,24,26). The predicted octanol–water partition coefficient (Wildman–Crippen LogP) is 3.10. The number of nitrogens with one attached hydrogen (secondary N) is 2. The molecular weight excluding hydrogens is 404 g/mol. The van der Waals surface area contributed by atoms with Gasteiger partial charge in [-0.2, -0.15) is 0 Å². The number of carbonyl (C=O) groups is 3. The van der Waals surface area contributed by atoms with Crippen LogP contribution in [0.2, 0.25) is 0 Å². The summed E-state index contributed by atoms with van der Waals surface area (Å²) in [7, 11) is 0. The van der Waals surface area contributed by atoms with Crippen molar-refractivity contribution in [1.29, 1.82) is 0 Å². The van der Waals surface area contributed by atoms with Gasteiger partial charge < -0.3 is 29.3 Å². The zero-order valence-corrected chi connectivity index (χ0v) is 16.3. The van der Waals surface area contributed by atoms with Crippen molar-refractivity contribution in [3.63, 3.8) is 0 Å². The molecule has 2 heterocycles. The average molecular weight is 422 g/mol. The minimum absolute atomic E-state index is 0.0991. The third-order valence-electron chi connectivity index (χ3n) is 4.30. The molecule has 0 saturated carbocycles. The van der Waals surface area contributed by atoms with Crippen molar-refractivity contribution in [2.24, 2.45) is 0 Å². The first-order chi connectivity index (χ1) is 15.1. The van der Waals surface area contributed by atoms with E-state index in [1.807, 2.05) is 0 Å². The smallest absolute Gasteiger partial charge is 0.340 e. The molecule has 0 atom stereocenters. The fourth-order valence-corrected chi connectivity index (χ4v) is 2.89. The van der Waals surface area contributed by atoms with Gasteiger partial charge >= 0.3 is 5.97 Å². The highest BCUT2D eigenvalue weighted by Crippen LogP contribution is 2.32. The lowest BCUT2D eigenvalue weighted by Crippen LogP contribution is -2.22. The number of esters is 1. The summed E-state index contributed by atoms with van der Waals surface area (Å²) in [4.78, 5) is 36.8. The van der Waals surface area contributed by atoms with Crippen molar-refractivity contribution in [2.45, 2.75) is 0 Å². The lowest BCUT2D eigenvalue weighted by atomic mass is 10.1. The molecule has 1 aromatic heterocycles. The van der Waals surface area contributed by atoms with Crippen molar-refractivity contribution in [2.75, 3.05) is 30.5 Å². The summed E-state index contributed by atoms with van der Waals surface area (Å²) < 4.78 is 21.0. The molecule has 158 valence electrons. The van der Waals surface area contributed by atoms with E-state index in [1.54, 1.807) is 42.5 Å². The van der Waals surface area contributed by atoms with Gasteiger partial charge in [-0.1, -0.05) is 12.1 Å². The number of hydrogen-bond donors (Lipinski definition) is 2. The summed E-state index contributed by atoms with van der Waals surface area (Å²) in [5.41, 5.74) is 0.826. The van der Waals surface area contributed by atoms with Crippen LogP contribution in [0.4, 0.5) is 11.4 Å². The Bertz CT molecular complexity index is 1110. The van der Waals surface area contributed by atoms with Gasteiger partial charge in [-0.05, 0) is 36.4 Å². The Morgan fingerprint density at radius 3 is 2.52 bits per heavy atom. The average Bonchev–Trinajstić information content (AvgIpc) is 3.33. The van der Waals surface area contributed by atoms with E-state index in [4.69, 9.17) is 18.6 Å². The normalized spacial score (nSPS) is 12.0. The van der Waals surface area contributed by atoms with E-state index in [1.165, 1.54) is 18.4 Å². The van der Waals surface area contributed by atoms with E-state index in [9.17, 15) is 14.4 Å². The first-order valence-electron chi connectivity index (χ1n) is 9.40. The molecule has 3 aromatic rings. The molecule has 0 fully saturated rings. The van der Waals surface area contributed by atoms with Gasteiger partial charge in [0.25, 0.3) is 11.8 Å². The Labute approximate surface area is 176 Å². The van der Waals surface area contributed by atoms with Gasteiger partial charge in [0, 0.05) is 11.8 Å². The number of carbonyl (C=O) groups excluding carboxylic acids is 3. The second-order valence-electron chi connectivity index (χ2n) is 6.46. The molecule has 1 aliphatic heterocycles. The lowest BCUT2D eigenvalue weighted by Gasteiger charge is -2.19. The molecule has 2 amide bonds. The number of furan rings is 1. The minimum atomic E-state index is -0.757. The van der Waals surface area contributed by atoms with Crippen molar-refractivity contribution < 1.29 is 33.0 Å². The molecule has 0 saturated heterocycles. The number of amides is 2. The van der Waals surface area contributed by atoms with E-state index in [2.05, 4.69) is 10.6 Å². The summed E-state index contributed by atoms with van der Waals surface area (Å²) >= 11 is 0. The van der Waals surface area contributed by atoms with Crippen LogP contribution in [0.5, 0.6) is 11.5 Å². The third-order valence-corrected chi connectivity index (χ3v) is 4.30. The van der Waals surface area contributed by atoms with Gasteiger partial charge in [0.2, 0.25) is 0 Å². The molecular formula is C22H18N2O7. The second kappa shape index (κ2) is 9.04. The summed E-state index contributed by atoms with van der Waals surface area (Å²) in [6.07, 6.45) is 1.37. The number of anilines is 2. The Kier molecular flexibility index (Phi) is 5.84. The van der Waals surface area contributed by atoms with E-state index < -0.39 is 24.4 Å². The Morgan fingerprint density at radius 2 is 1.71 bits per heavy atom. The van der Waals surface area contributed by atoms with Gasteiger partial charge in [-0.3, -0.25) is 9.59 Å². The maximum Gasteiger partial charge on any atom is 0.340 e. The summed E-state index contributed by atoms with van der Waals surface area (Å²) in [5.74, 6) is -0.565. The molecule has 0 unspecified atom stereocenters. The van der Waals surface area contributed by atoms with Crippen LogP contribution >= 0.6 is 0 Å². The highest BCUT2D eigenvalue weighted by atomic mass is 16.6. The van der Waals surface area contributed by atoms with Crippen molar-refractivity contribution in [3.05, 3.63) is 72.2 Å². The highest BCUT2D eigenvalue weighted by Gasteiger charge is 2.18. The molecule has 9 nitrogen and oxygen atoms in total. The zero-order chi connectivity index (χ0) is 21.6. The van der Waals surface area contributed by atoms with Crippen LogP contribution in [0.1, 0.15) is 20.9 Å². The van der Waals surface area contributed by atoms with Gasteiger partial charge in [-0.25, -0.2) is 4.79 Å². The number of ether oxygens (including phenoxy) is 3. The molecule has 1 aliphatic rings. The largest absolute Gasteiger partial charge is 0.486 e. The van der Waals surface area contributed by atoms with Crippen molar-refractivity contribution in [3.8, 4) is 11.5 Å². The fourth-order valence-electron chi connectivity index (χ4n) is 2.89. The number of hydrogen-bond acceptors (Lipinski definition) is 7. The van der Waals surface area contributed by atoms with E-state index in [-0.39, 0.29) is 17.0 Å². The molecule has 0 bridgehead atoms. The summed E-state index contributed by atoms with van der Waals surface area (Å²) in [6, 6.07) is 14.4. The lowest BCUT2D eigenvalue weighted by molar-refractivity contribution is -0.119. The SMILES string of the molecule is O=C(COC(=O)c1ccccc1NC(=O)c1ccco1)Nc1ccc2c(c1)OCCO2. The fraction of sp³-hybridized carbons (Fsp3) is 0.136. The Balaban J connectivity index is 1.35. The number of fused-ring (bicyclic) bond motifs is 1. The first-order valence-corrected chi connectivity index (χ1v) is 9.40. The minimum Gasteiger partial charge on any atom is -0.486 e. The molecule has 9 heteroatoms. The zero-order valence-electron chi connectivity index (χ0n) is 16.3.